The second kappa shape index (κ2) is 10.7. The Kier molecular flexibility index (Phi) is 7.37. The molecule has 5 rings (SSSR count). The van der Waals surface area contributed by atoms with Gasteiger partial charge < -0.3 is 0 Å². The number of carbonyl (C=O) groups is 1. The first-order chi connectivity index (χ1) is 18.3. The van der Waals surface area contributed by atoms with Gasteiger partial charge in [0.25, 0.3) is 10.0 Å². The van der Waals surface area contributed by atoms with Crippen LogP contribution in [0.25, 0.3) is 11.8 Å². The number of aryl methyl sites for hydroxylation is 2. The highest BCUT2D eigenvalue weighted by molar-refractivity contribution is 7.89. The minimum atomic E-state index is -3.87. The first kappa shape index (κ1) is 26.1. The fraction of sp³-hybridized carbons (Fsp3) is 0.308. The van der Waals surface area contributed by atoms with Crippen molar-refractivity contribution in [2.24, 2.45) is 5.92 Å². The number of thiazole rings is 1. The molecule has 0 unspecified atom stereocenters. The summed E-state index contributed by atoms with van der Waals surface area (Å²) in [6.45, 7) is 4.46. The molecule has 0 aliphatic carbocycles. The van der Waals surface area contributed by atoms with Crippen LogP contribution in [0.5, 0.6) is 0 Å². The zero-order chi connectivity index (χ0) is 26.9. The lowest BCUT2D eigenvalue weighted by Crippen LogP contribution is -2.44. The molecular formula is C26H27FN6O3S2. The number of aromatic nitrogens is 5. The molecule has 1 atom stereocenters. The molecule has 1 aliphatic rings. The van der Waals surface area contributed by atoms with Crippen LogP contribution in [0.1, 0.15) is 41.3 Å². The molecule has 3 aromatic heterocycles. The Labute approximate surface area is 224 Å². The summed E-state index contributed by atoms with van der Waals surface area (Å²) in [6, 6.07) is 7.52. The van der Waals surface area contributed by atoms with Crippen molar-refractivity contribution in [1.82, 2.24) is 28.9 Å². The summed E-state index contributed by atoms with van der Waals surface area (Å²) in [5.74, 6) is -1.28. The van der Waals surface area contributed by atoms with Crippen molar-refractivity contribution in [3.63, 3.8) is 0 Å². The maximum Gasteiger partial charge on any atom is 0.260 e. The number of sulfonamides is 1. The Hall–Kier alpha value is -3.48. The first-order valence-corrected chi connectivity index (χ1v) is 14.6. The Bertz CT molecular complexity index is 1570. The quantitative estimate of drug-likeness (QED) is 0.302. The van der Waals surface area contributed by atoms with Crippen molar-refractivity contribution in [2.45, 2.75) is 38.3 Å². The molecule has 1 fully saturated rings. The van der Waals surface area contributed by atoms with E-state index in [1.165, 1.54) is 44.7 Å². The Morgan fingerprint density at radius 1 is 1.16 bits per heavy atom. The van der Waals surface area contributed by atoms with Gasteiger partial charge in [-0.05, 0) is 61.7 Å². The average molecular weight is 555 g/mol. The van der Waals surface area contributed by atoms with Gasteiger partial charge in [0.15, 0.2) is 15.8 Å². The number of ketones is 1. The molecule has 1 aromatic carbocycles. The van der Waals surface area contributed by atoms with E-state index in [-0.39, 0.29) is 29.7 Å². The second-order valence-corrected chi connectivity index (χ2v) is 11.6. The second-order valence-electron chi connectivity index (χ2n) is 8.87. The monoisotopic (exact) mass is 554 g/mol. The van der Waals surface area contributed by atoms with Crippen LogP contribution in [0.4, 0.5) is 4.39 Å². The third kappa shape index (κ3) is 4.86. The minimum Gasteiger partial charge on any atom is -0.291 e. The van der Waals surface area contributed by atoms with Crippen molar-refractivity contribution >= 4 is 33.2 Å². The number of hydrogen-bond acceptors (Lipinski definition) is 7. The van der Waals surface area contributed by atoms with E-state index in [1.807, 2.05) is 19.9 Å². The number of hydrogen-bond donors (Lipinski definition) is 0. The molecule has 38 heavy (non-hydrogen) atoms. The highest BCUT2D eigenvalue weighted by atomic mass is 32.2. The molecule has 0 bridgehead atoms. The molecule has 0 amide bonds. The summed E-state index contributed by atoms with van der Waals surface area (Å²) in [5.41, 5.74) is 3.24. The van der Waals surface area contributed by atoms with E-state index in [1.54, 1.807) is 34.6 Å². The van der Waals surface area contributed by atoms with Gasteiger partial charge in [0.2, 0.25) is 0 Å². The standard InChI is InChI=1S/C26H27FN6O3S2/c1-3-18-16-30-33(21-7-5-20(27)6-8-21)23(18)15-19-10-13-31(17-22(19)25(34)26-28-12-14-37-26)38(35,36)24-9-11-29-32(24)4-2/h5-9,11-12,14-16,22H,3-4,10,13,17H2,1-2H3/b19-15-/t22-/m0/s1. The highest BCUT2D eigenvalue weighted by Gasteiger charge is 2.38. The van der Waals surface area contributed by atoms with Crippen molar-refractivity contribution in [1.29, 1.82) is 0 Å². The van der Waals surface area contributed by atoms with E-state index in [0.29, 0.717) is 30.1 Å². The van der Waals surface area contributed by atoms with Crippen LogP contribution < -0.4 is 0 Å². The lowest BCUT2D eigenvalue weighted by molar-refractivity contribution is 0.0914. The van der Waals surface area contributed by atoms with Crippen molar-refractivity contribution in [3.05, 3.63) is 82.0 Å². The molecule has 0 N–H and O–H groups in total. The zero-order valence-corrected chi connectivity index (χ0v) is 22.6. The van der Waals surface area contributed by atoms with Crippen molar-refractivity contribution in [2.75, 3.05) is 13.1 Å². The predicted molar refractivity (Wildman–Crippen MR) is 142 cm³/mol. The topological polar surface area (TPSA) is 103 Å². The maximum absolute atomic E-state index is 13.6. The summed E-state index contributed by atoms with van der Waals surface area (Å²) in [6.07, 6.45) is 7.79. The molecule has 1 saturated heterocycles. The third-order valence-corrected chi connectivity index (χ3v) is 9.36. The number of piperidine rings is 1. The van der Waals surface area contributed by atoms with Crippen molar-refractivity contribution < 1.29 is 17.6 Å². The maximum atomic E-state index is 13.6. The van der Waals surface area contributed by atoms with Gasteiger partial charge >= 0.3 is 0 Å². The number of rotatable bonds is 8. The molecule has 9 nitrogen and oxygen atoms in total. The van der Waals surface area contributed by atoms with Gasteiger partial charge in [-0.3, -0.25) is 9.48 Å². The summed E-state index contributed by atoms with van der Waals surface area (Å²) < 4.78 is 45.2. The Balaban J connectivity index is 1.56. The summed E-state index contributed by atoms with van der Waals surface area (Å²) in [4.78, 5) is 17.8. The van der Waals surface area contributed by atoms with Gasteiger partial charge in [-0.2, -0.15) is 14.5 Å². The number of benzene rings is 1. The Morgan fingerprint density at radius 2 is 1.95 bits per heavy atom. The van der Waals surface area contributed by atoms with Gasteiger partial charge in [0.05, 0.1) is 29.7 Å². The normalized spacial score (nSPS) is 17.8. The smallest absolute Gasteiger partial charge is 0.260 e. The van der Waals surface area contributed by atoms with Gasteiger partial charge in [-0.15, -0.1) is 11.3 Å². The number of carbonyl (C=O) groups excluding carboxylic acids is 1. The van der Waals surface area contributed by atoms with Gasteiger partial charge in [-0.25, -0.2) is 22.5 Å². The molecule has 12 heteroatoms. The first-order valence-electron chi connectivity index (χ1n) is 12.3. The van der Waals surface area contributed by atoms with Crippen LogP contribution in [-0.2, 0) is 23.0 Å². The summed E-state index contributed by atoms with van der Waals surface area (Å²) in [5, 5.41) is 10.8. The number of nitrogens with zero attached hydrogens (tertiary/aromatic N) is 6. The van der Waals surface area contributed by atoms with E-state index in [0.717, 1.165) is 16.8 Å². The fourth-order valence-corrected chi connectivity index (χ4v) is 6.92. The molecule has 0 saturated carbocycles. The van der Waals surface area contributed by atoms with E-state index >= 15 is 0 Å². The molecule has 0 radical (unpaired) electrons. The summed E-state index contributed by atoms with van der Waals surface area (Å²) in [7, 11) is -3.87. The molecular weight excluding hydrogens is 527 g/mol. The van der Waals surface area contributed by atoms with Crippen LogP contribution in [0.2, 0.25) is 0 Å². The molecule has 198 valence electrons. The molecule has 4 aromatic rings. The lowest BCUT2D eigenvalue weighted by atomic mass is 9.88. The zero-order valence-electron chi connectivity index (χ0n) is 21.0. The van der Waals surface area contributed by atoms with Crippen LogP contribution in [0.15, 0.2) is 64.9 Å². The SMILES string of the molecule is CCc1cnn(-c2ccc(F)cc2)c1/C=C1/CCN(S(=O)(=O)c2ccnn2CC)C[C@@H]1C(=O)c1nccs1. The number of halogens is 1. The minimum absolute atomic E-state index is 0.00633. The van der Waals surface area contributed by atoms with E-state index < -0.39 is 15.9 Å². The third-order valence-electron chi connectivity index (χ3n) is 6.69. The molecule has 4 heterocycles. The average Bonchev–Trinajstić information content (AvgIpc) is 3.70. The predicted octanol–water partition coefficient (Wildman–Crippen LogP) is 4.22. The highest BCUT2D eigenvalue weighted by Crippen LogP contribution is 2.33. The van der Waals surface area contributed by atoms with Crippen molar-refractivity contribution in [3.8, 4) is 5.69 Å². The molecule has 1 aliphatic heterocycles. The largest absolute Gasteiger partial charge is 0.291 e. The fourth-order valence-electron chi connectivity index (χ4n) is 4.67. The van der Waals surface area contributed by atoms with E-state index in [4.69, 9.17) is 0 Å². The van der Waals surface area contributed by atoms with Crippen LogP contribution in [0.3, 0.4) is 0 Å². The van der Waals surface area contributed by atoms with E-state index in [9.17, 15) is 17.6 Å². The van der Waals surface area contributed by atoms with Gasteiger partial charge in [-0.1, -0.05) is 12.5 Å². The molecule has 0 spiro atoms. The van der Waals surface area contributed by atoms with E-state index in [2.05, 4.69) is 15.2 Å². The van der Waals surface area contributed by atoms with Crippen LogP contribution in [0, 0.1) is 11.7 Å². The van der Waals surface area contributed by atoms with Crippen LogP contribution in [-0.4, -0.2) is 56.1 Å². The summed E-state index contributed by atoms with van der Waals surface area (Å²) >= 11 is 1.23. The lowest BCUT2D eigenvalue weighted by Gasteiger charge is -2.33. The Morgan fingerprint density at radius 3 is 2.63 bits per heavy atom. The van der Waals surface area contributed by atoms with Gasteiger partial charge in [0.1, 0.15) is 5.82 Å². The van der Waals surface area contributed by atoms with Crippen LogP contribution >= 0.6 is 11.3 Å². The van der Waals surface area contributed by atoms with Gasteiger partial charge in [0, 0.05) is 31.2 Å². The number of Topliss-reactive ketones (excluding diaryl/α,β-unsaturated/α-hetero) is 1.